The Morgan fingerprint density at radius 3 is 2.50 bits per heavy atom. The van der Waals surface area contributed by atoms with E-state index in [0.717, 1.165) is 12.5 Å². The lowest BCUT2D eigenvalue weighted by molar-refractivity contribution is -0.120. The standard InChI is InChI=1S/C15H28N2O/c1-12(2)9-15(7-3-4-8-15)11-16-10-14(18)17-13-5-6-13/h12-13,16H,3-11H2,1-2H3,(H,17,18). The Labute approximate surface area is 111 Å². The number of nitrogens with one attached hydrogen (secondary N) is 2. The van der Waals surface area contributed by atoms with E-state index in [1.165, 1.54) is 44.9 Å². The number of rotatable bonds is 7. The Bertz CT molecular complexity index is 278. The molecule has 18 heavy (non-hydrogen) atoms. The predicted octanol–water partition coefficient (Wildman–Crippen LogP) is 2.46. The molecule has 2 aliphatic rings. The minimum atomic E-state index is 0.176. The second-order valence-corrected chi connectivity index (χ2v) is 6.75. The van der Waals surface area contributed by atoms with E-state index in [4.69, 9.17) is 0 Å². The molecule has 2 fully saturated rings. The summed E-state index contributed by atoms with van der Waals surface area (Å²) in [5.74, 6) is 0.931. The summed E-state index contributed by atoms with van der Waals surface area (Å²) < 4.78 is 0. The van der Waals surface area contributed by atoms with Crippen LogP contribution in [0.5, 0.6) is 0 Å². The predicted molar refractivity (Wildman–Crippen MR) is 74.4 cm³/mol. The van der Waals surface area contributed by atoms with Gasteiger partial charge in [0.25, 0.3) is 0 Å². The van der Waals surface area contributed by atoms with E-state index < -0.39 is 0 Å². The summed E-state index contributed by atoms with van der Waals surface area (Å²) in [5, 5.41) is 6.43. The van der Waals surface area contributed by atoms with E-state index in [0.29, 0.717) is 18.0 Å². The Morgan fingerprint density at radius 2 is 1.94 bits per heavy atom. The molecule has 3 nitrogen and oxygen atoms in total. The largest absolute Gasteiger partial charge is 0.352 e. The van der Waals surface area contributed by atoms with Gasteiger partial charge in [-0.1, -0.05) is 26.7 Å². The van der Waals surface area contributed by atoms with E-state index in [9.17, 15) is 4.79 Å². The first-order valence-electron chi connectivity index (χ1n) is 7.60. The van der Waals surface area contributed by atoms with Crippen LogP contribution in [0.3, 0.4) is 0 Å². The van der Waals surface area contributed by atoms with Gasteiger partial charge in [0.2, 0.25) is 5.91 Å². The maximum atomic E-state index is 11.6. The van der Waals surface area contributed by atoms with Gasteiger partial charge >= 0.3 is 0 Å². The molecule has 0 aromatic carbocycles. The lowest BCUT2D eigenvalue weighted by Gasteiger charge is -2.31. The van der Waals surface area contributed by atoms with E-state index in [1.54, 1.807) is 0 Å². The third-order valence-corrected chi connectivity index (χ3v) is 4.23. The van der Waals surface area contributed by atoms with E-state index in [1.807, 2.05) is 0 Å². The number of carbonyl (C=O) groups is 1. The van der Waals surface area contributed by atoms with Crippen LogP contribution in [0.2, 0.25) is 0 Å². The highest BCUT2D eigenvalue weighted by molar-refractivity contribution is 5.78. The van der Waals surface area contributed by atoms with Crippen molar-refractivity contribution in [1.82, 2.24) is 10.6 Å². The summed E-state index contributed by atoms with van der Waals surface area (Å²) in [6.07, 6.45) is 9.03. The fraction of sp³-hybridized carbons (Fsp3) is 0.933. The van der Waals surface area contributed by atoms with Gasteiger partial charge in [-0.15, -0.1) is 0 Å². The van der Waals surface area contributed by atoms with Crippen molar-refractivity contribution in [2.45, 2.75) is 64.8 Å². The van der Waals surface area contributed by atoms with Gasteiger partial charge in [0.05, 0.1) is 6.54 Å². The molecule has 2 saturated carbocycles. The molecule has 0 saturated heterocycles. The zero-order valence-corrected chi connectivity index (χ0v) is 11.9. The first-order valence-corrected chi connectivity index (χ1v) is 7.60. The Hall–Kier alpha value is -0.570. The van der Waals surface area contributed by atoms with E-state index in [2.05, 4.69) is 24.5 Å². The third-order valence-electron chi connectivity index (χ3n) is 4.23. The topological polar surface area (TPSA) is 41.1 Å². The molecule has 0 radical (unpaired) electrons. The van der Waals surface area contributed by atoms with E-state index in [-0.39, 0.29) is 5.91 Å². The quantitative estimate of drug-likeness (QED) is 0.731. The van der Waals surface area contributed by atoms with Gasteiger partial charge in [-0.2, -0.15) is 0 Å². The van der Waals surface area contributed by atoms with Gasteiger partial charge in [-0.25, -0.2) is 0 Å². The molecule has 2 rings (SSSR count). The summed E-state index contributed by atoms with van der Waals surface area (Å²) in [6, 6.07) is 0.482. The summed E-state index contributed by atoms with van der Waals surface area (Å²) in [6.45, 7) is 6.12. The monoisotopic (exact) mass is 252 g/mol. The summed E-state index contributed by atoms with van der Waals surface area (Å²) in [7, 11) is 0. The van der Waals surface area contributed by atoms with Gasteiger partial charge in [0.1, 0.15) is 0 Å². The average molecular weight is 252 g/mol. The van der Waals surface area contributed by atoms with Gasteiger partial charge in [-0.05, 0) is 43.4 Å². The lowest BCUT2D eigenvalue weighted by atomic mass is 9.78. The summed E-state index contributed by atoms with van der Waals surface area (Å²) in [4.78, 5) is 11.6. The van der Waals surface area contributed by atoms with Crippen LogP contribution in [0.4, 0.5) is 0 Å². The van der Waals surface area contributed by atoms with Crippen LogP contribution in [0.25, 0.3) is 0 Å². The molecule has 0 bridgehead atoms. The molecule has 0 heterocycles. The molecular formula is C15H28N2O. The Morgan fingerprint density at radius 1 is 1.28 bits per heavy atom. The van der Waals surface area contributed by atoms with Gasteiger partial charge in [0.15, 0.2) is 0 Å². The number of amides is 1. The van der Waals surface area contributed by atoms with Crippen molar-refractivity contribution in [3.05, 3.63) is 0 Å². The number of hydrogen-bond donors (Lipinski definition) is 2. The highest BCUT2D eigenvalue weighted by Crippen LogP contribution is 2.42. The normalized spacial score (nSPS) is 22.4. The fourth-order valence-corrected chi connectivity index (χ4v) is 3.39. The first-order chi connectivity index (χ1) is 8.60. The second-order valence-electron chi connectivity index (χ2n) is 6.75. The van der Waals surface area contributed by atoms with Gasteiger partial charge in [0, 0.05) is 12.6 Å². The number of carbonyl (C=O) groups excluding carboxylic acids is 1. The highest BCUT2D eigenvalue weighted by Gasteiger charge is 2.34. The molecule has 0 aromatic rings. The first kappa shape index (κ1) is 13.9. The van der Waals surface area contributed by atoms with Crippen molar-refractivity contribution in [1.29, 1.82) is 0 Å². The summed E-state index contributed by atoms with van der Waals surface area (Å²) >= 11 is 0. The second kappa shape index (κ2) is 6.05. The average Bonchev–Trinajstić information content (AvgIpc) is 2.97. The zero-order valence-electron chi connectivity index (χ0n) is 11.9. The van der Waals surface area contributed by atoms with Crippen LogP contribution in [0.15, 0.2) is 0 Å². The molecule has 0 aromatic heterocycles. The smallest absolute Gasteiger partial charge is 0.234 e. The van der Waals surface area contributed by atoms with Crippen LogP contribution in [-0.4, -0.2) is 25.0 Å². The van der Waals surface area contributed by atoms with E-state index >= 15 is 0 Å². The van der Waals surface area contributed by atoms with Crippen molar-refractivity contribution < 1.29 is 4.79 Å². The SMILES string of the molecule is CC(C)CC1(CNCC(=O)NC2CC2)CCCC1. The molecule has 0 spiro atoms. The van der Waals surface area contributed by atoms with Crippen LogP contribution < -0.4 is 10.6 Å². The van der Waals surface area contributed by atoms with Crippen molar-refractivity contribution in [3.63, 3.8) is 0 Å². The fourth-order valence-electron chi connectivity index (χ4n) is 3.39. The maximum Gasteiger partial charge on any atom is 0.234 e. The van der Waals surface area contributed by atoms with Crippen LogP contribution in [0, 0.1) is 11.3 Å². The number of hydrogen-bond acceptors (Lipinski definition) is 2. The van der Waals surface area contributed by atoms with Crippen LogP contribution >= 0.6 is 0 Å². The Balaban J connectivity index is 1.69. The summed E-state index contributed by atoms with van der Waals surface area (Å²) in [5.41, 5.74) is 0.466. The molecule has 104 valence electrons. The van der Waals surface area contributed by atoms with Gasteiger partial charge in [-0.3, -0.25) is 4.79 Å². The Kier molecular flexibility index (Phi) is 4.66. The molecule has 1 amide bonds. The van der Waals surface area contributed by atoms with Crippen molar-refractivity contribution in [2.24, 2.45) is 11.3 Å². The lowest BCUT2D eigenvalue weighted by Crippen LogP contribution is -2.40. The zero-order chi connectivity index (χ0) is 13.0. The van der Waals surface area contributed by atoms with Crippen molar-refractivity contribution in [2.75, 3.05) is 13.1 Å². The van der Waals surface area contributed by atoms with Gasteiger partial charge < -0.3 is 10.6 Å². The third kappa shape index (κ3) is 4.27. The molecule has 2 N–H and O–H groups in total. The minimum absolute atomic E-state index is 0.176. The molecule has 0 aliphatic heterocycles. The molecular weight excluding hydrogens is 224 g/mol. The van der Waals surface area contributed by atoms with Crippen LogP contribution in [-0.2, 0) is 4.79 Å². The van der Waals surface area contributed by atoms with Crippen LogP contribution in [0.1, 0.15) is 58.8 Å². The molecule has 0 atom stereocenters. The maximum absolute atomic E-state index is 11.6. The van der Waals surface area contributed by atoms with Crippen molar-refractivity contribution >= 4 is 5.91 Å². The minimum Gasteiger partial charge on any atom is -0.352 e. The molecule has 0 unspecified atom stereocenters. The highest BCUT2D eigenvalue weighted by atomic mass is 16.2. The molecule has 2 aliphatic carbocycles. The van der Waals surface area contributed by atoms with Crippen molar-refractivity contribution in [3.8, 4) is 0 Å². The molecule has 3 heteroatoms.